The number of nitrogens with zero attached hydrogens (tertiary/aromatic N) is 3. The minimum atomic E-state index is -0.739. The van der Waals surface area contributed by atoms with E-state index in [1.807, 2.05) is 0 Å². The number of ether oxygens (including phenoxy) is 2. The van der Waals surface area contributed by atoms with E-state index in [-0.39, 0.29) is 48.1 Å². The van der Waals surface area contributed by atoms with Gasteiger partial charge in [0, 0.05) is 0 Å². The molecule has 12 heteroatoms. The van der Waals surface area contributed by atoms with Gasteiger partial charge < -0.3 is 20.1 Å². The average molecular weight is 395 g/mol. The van der Waals surface area contributed by atoms with Crippen molar-refractivity contribution in [3.8, 4) is 0 Å². The molecule has 2 rings (SSSR count). The molecule has 0 spiro atoms. The first-order valence-corrected chi connectivity index (χ1v) is 8.47. The Morgan fingerprint density at radius 3 is 2.57 bits per heavy atom. The summed E-state index contributed by atoms with van der Waals surface area (Å²) in [6, 6.07) is -1.17. The Morgan fingerprint density at radius 2 is 2.00 bits per heavy atom. The lowest BCUT2D eigenvalue weighted by Crippen LogP contribution is -2.50. The van der Waals surface area contributed by atoms with Crippen LogP contribution in [-0.2, 0) is 25.6 Å². The summed E-state index contributed by atoms with van der Waals surface area (Å²) in [5.74, 6) is -1.38. The fraction of sp³-hybridized carbons (Fsp3) is 0.500. The number of hydrogen-bond acceptors (Lipinski definition) is 8. The highest BCUT2D eigenvalue weighted by Crippen LogP contribution is 2.21. The maximum Gasteiger partial charge on any atom is 0.338 e. The van der Waals surface area contributed by atoms with E-state index in [0.29, 0.717) is 0 Å². The zero-order chi connectivity index (χ0) is 21.0. The third-order valence-corrected chi connectivity index (χ3v) is 4.05. The van der Waals surface area contributed by atoms with Gasteiger partial charge in [0.1, 0.15) is 24.5 Å². The van der Waals surface area contributed by atoms with E-state index in [9.17, 15) is 24.5 Å². The van der Waals surface area contributed by atoms with Crippen LogP contribution in [0.3, 0.4) is 0 Å². The van der Waals surface area contributed by atoms with Crippen molar-refractivity contribution in [2.75, 3.05) is 13.2 Å². The maximum absolute atomic E-state index is 12.1. The van der Waals surface area contributed by atoms with Crippen molar-refractivity contribution in [3.63, 3.8) is 0 Å². The van der Waals surface area contributed by atoms with Crippen LogP contribution in [0.1, 0.15) is 25.2 Å². The third-order valence-electron chi connectivity index (χ3n) is 4.05. The van der Waals surface area contributed by atoms with Gasteiger partial charge in [-0.2, -0.15) is 5.10 Å². The minimum absolute atomic E-state index is 0.113. The molecule has 1 aromatic rings. The molecule has 0 fully saturated rings. The molecule has 152 valence electrons. The Balaban J connectivity index is 2.12. The van der Waals surface area contributed by atoms with Crippen LogP contribution in [0, 0.1) is 24.0 Å². The van der Waals surface area contributed by atoms with Gasteiger partial charge in [-0.15, -0.1) is 0 Å². The van der Waals surface area contributed by atoms with Gasteiger partial charge in [0.2, 0.25) is 0 Å². The highest BCUT2D eigenvalue weighted by atomic mass is 16.6. The van der Waals surface area contributed by atoms with Gasteiger partial charge in [-0.05, 0) is 27.7 Å². The van der Waals surface area contributed by atoms with Gasteiger partial charge in [0.05, 0.1) is 28.8 Å². The molecule has 0 saturated heterocycles. The third kappa shape index (κ3) is 4.45. The van der Waals surface area contributed by atoms with Crippen molar-refractivity contribution in [3.05, 3.63) is 32.8 Å². The number of carbonyl (C=O) groups excluding carboxylic acids is 3. The van der Waals surface area contributed by atoms with Gasteiger partial charge in [0.15, 0.2) is 0 Å². The van der Waals surface area contributed by atoms with Crippen molar-refractivity contribution in [2.24, 2.45) is 0 Å². The Kier molecular flexibility index (Phi) is 6.33. The normalized spacial score (nSPS) is 16.3. The zero-order valence-corrected chi connectivity index (χ0v) is 15.9. The van der Waals surface area contributed by atoms with Crippen molar-refractivity contribution in [2.45, 2.75) is 40.3 Å². The fourth-order valence-corrected chi connectivity index (χ4v) is 2.82. The number of urea groups is 1. The van der Waals surface area contributed by atoms with E-state index >= 15 is 0 Å². The van der Waals surface area contributed by atoms with Crippen LogP contribution in [0.15, 0.2) is 11.3 Å². The van der Waals surface area contributed by atoms with Crippen LogP contribution >= 0.6 is 0 Å². The molecular formula is C16H21N5O7. The fourth-order valence-electron chi connectivity index (χ4n) is 2.82. The SMILES string of the molecule is CCOC(=O)C1=C(COC(=O)Cn2nc(C)c([N+](=O)[O-])c2C)NC(=O)N[C@@H]1C. The summed E-state index contributed by atoms with van der Waals surface area (Å²) in [6.07, 6.45) is 0. The van der Waals surface area contributed by atoms with Crippen molar-refractivity contribution in [1.29, 1.82) is 0 Å². The second-order valence-electron chi connectivity index (χ2n) is 6.03. The Morgan fingerprint density at radius 1 is 1.32 bits per heavy atom. The van der Waals surface area contributed by atoms with E-state index in [1.54, 1.807) is 13.8 Å². The molecule has 2 amide bonds. The molecule has 1 aliphatic rings. The molecule has 1 atom stereocenters. The summed E-state index contributed by atoms with van der Waals surface area (Å²) in [6.45, 7) is 5.60. The van der Waals surface area contributed by atoms with Crippen LogP contribution in [-0.4, -0.2) is 51.9 Å². The Labute approximate surface area is 160 Å². The van der Waals surface area contributed by atoms with Crippen LogP contribution < -0.4 is 10.6 Å². The first-order valence-electron chi connectivity index (χ1n) is 8.47. The van der Waals surface area contributed by atoms with E-state index < -0.39 is 28.9 Å². The van der Waals surface area contributed by atoms with Gasteiger partial charge in [-0.25, -0.2) is 9.59 Å². The van der Waals surface area contributed by atoms with Crippen LogP contribution in [0.4, 0.5) is 10.5 Å². The van der Waals surface area contributed by atoms with E-state index in [1.165, 1.54) is 18.5 Å². The predicted octanol–water partition coefficient (Wildman–Crippen LogP) is 0.470. The van der Waals surface area contributed by atoms with Crippen molar-refractivity contribution < 1.29 is 28.8 Å². The molecule has 2 heterocycles. The largest absolute Gasteiger partial charge is 0.463 e. The quantitative estimate of drug-likeness (QED) is 0.383. The number of esters is 2. The van der Waals surface area contributed by atoms with Gasteiger partial charge in [0.25, 0.3) is 0 Å². The van der Waals surface area contributed by atoms with Crippen molar-refractivity contribution in [1.82, 2.24) is 20.4 Å². The minimum Gasteiger partial charge on any atom is -0.463 e. The maximum atomic E-state index is 12.1. The number of nitrogens with one attached hydrogen (secondary N) is 2. The summed E-state index contributed by atoms with van der Waals surface area (Å²) < 4.78 is 11.3. The number of amides is 2. The lowest BCUT2D eigenvalue weighted by Gasteiger charge is -2.26. The topological polar surface area (TPSA) is 155 Å². The predicted molar refractivity (Wildman–Crippen MR) is 94.1 cm³/mol. The molecule has 1 aliphatic heterocycles. The highest BCUT2D eigenvalue weighted by Gasteiger charge is 2.30. The standard InChI is InChI=1S/C16H21N5O7/c1-5-27-15(23)13-8(2)17-16(24)18-11(13)7-28-12(22)6-20-10(4)14(21(25)26)9(3)19-20/h8H,5-7H2,1-4H3,(H2,17,18,24)/t8-/m1/s1. The number of carbonyl (C=O) groups is 3. The second-order valence-corrected chi connectivity index (χ2v) is 6.03. The van der Waals surface area contributed by atoms with Gasteiger partial charge >= 0.3 is 23.7 Å². The smallest absolute Gasteiger partial charge is 0.338 e. The molecule has 12 nitrogen and oxygen atoms in total. The summed E-state index contributed by atoms with van der Waals surface area (Å²) >= 11 is 0. The molecular weight excluding hydrogens is 374 g/mol. The average Bonchev–Trinajstić information content (AvgIpc) is 2.86. The number of nitro groups is 1. The molecule has 0 saturated carbocycles. The Hall–Kier alpha value is -3.44. The molecule has 0 bridgehead atoms. The Bertz CT molecular complexity index is 858. The first-order chi connectivity index (χ1) is 13.1. The van der Waals surface area contributed by atoms with Gasteiger partial charge in [-0.3, -0.25) is 19.6 Å². The second kappa shape index (κ2) is 8.50. The van der Waals surface area contributed by atoms with Crippen LogP contribution in [0.25, 0.3) is 0 Å². The molecule has 0 aromatic carbocycles. The highest BCUT2D eigenvalue weighted by molar-refractivity contribution is 5.94. The molecule has 0 radical (unpaired) electrons. The van der Waals surface area contributed by atoms with Crippen molar-refractivity contribution >= 4 is 23.7 Å². The molecule has 0 unspecified atom stereocenters. The molecule has 2 N–H and O–H groups in total. The summed E-state index contributed by atoms with van der Waals surface area (Å²) in [7, 11) is 0. The molecule has 0 aliphatic carbocycles. The number of aryl methyl sites for hydroxylation is 1. The van der Waals surface area contributed by atoms with E-state index in [2.05, 4.69) is 15.7 Å². The molecule has 1 aromatic heterocycles. The summed E-state index contributed by atoms with van der Waals surface area (Å²) in [4.78, 5) is 46.4. The lowest BCUT2D eigenvalue weighted by molar-refractivity contribution is -0.386. The van der Waals surface area contributed by atoms with Crippen LogP contribution in [0.2, 0.25) is 0 Å². The zero-order valence-electron chi connectivity index (χ0n) is 15.9. The lowest BCUT2D eigenvalue weighted by atomic mass is 10.0. The van der Waals surface area contributed by atoms with E-state index in [4.69, 9.17) is 9.47 Å². The van der Waals surface area contributed by atoms with Gasteiger partial charge in [-0.1, -0.05) is 0 Å². The summed E-state index contributed by atoms with van der Waals surface area (Å²) in [5.41, 5.74) is 0.495. The number of rotatable bonds is 7. The molecule has 28 heavy (non-hydrogen) atoms. The van der Waals surface area contributed by atoms with Crippen LogP contribution in [0.5, 0.6) is 0 Å². The monoisotopic (exact) mass is 395 g/mol. The first kappa shape index (κ1) is 20.9. The van der Waals surface area contributed by atoms with E-state index in [0.717, 1.165) is 0 Å². The number of aromatic nitrogens is 2. The summed E-state index contributed by atoms with van der Waals surface area (Å²) in [5, 5.41) is 20.0. The number of hydrogen-bond donors (Lipinski definition) is 2.